The number of carboxylic acid groups (broad SMARTS) is 1. The number of alkyl halides is 3. The molecule has 0 aliphatic heterocycles. The van der Waals surface area contributed by atoms with Crippen molar-refractivity contribution in [2.75, 3.05) is 0 Å². The molecule has 0 aromatic rings. The average molecular weight is 194 g/mol. The predicted molar refractivity (Wildman–Crippen MR) is 37.0 cm³/mol. The Morgan fingerprint density at radius 3 is 1.92 bits per heavy atom. The molecule has 0 bridgehead atoms. The van der Waals surface area contributed by atoms with E-state index in [0.29, 0.717) is 0 Å². The standard InChI is InChI=1S/C8H9F3O2/c9-8(10,11)7(5(12)13)3-6(4-7)1-2-6/h1-4H2,(H,12,13). The molecule has 0 heterocycles. The van der Waals surface area contributed by atoms with Gasteiger partial charge in [-0.05, 0) is 31.1 Å². The van der Waals surface area contributed by atoms with Gasteiger partial charge in [0.05, 0.1) is 0 Å². The second-order valence-corrected chi connectivity index (χ2v) is 4.24. The molecule has 5 heteroatoms. The molecule has 13 heavy (non-hydrogen) atoms. The smallest absolute Gasteiger partial charge is 0.404 e. The van der Waals surface area contributed by atoms with Crippen LogP contribution < -0.4 is 0 Å². The highest BCUT2D eigenvalue weighted by Gasteiger charge is 2.75. The van der Waals surface area contributed by atoms with Crippen LogP contribution in [-0.4, -0.2) is 17.3 Å². The highest BCUT2D eigenvalue weighted by Crippen LogP contribution is 2.72. The molecule has 0 aromatic carbocycles. The lowest BCUT2D eigenvalue weighted by Crippen LogP contribution is -2.55. The van der Waals surface area contributed by atoms with E-state index in [1.54, 1.807) is 0 Å². The minimum atomic E-state index is -4.59. The first kappa shape index (κ1) is 8.84. The number of carboxylic acids is 1. The highest BCUT2D eigenvalue weighted by molar-refractivity contribution is 5.77. The molecular formula is C8H9F3O2. The van der Waals surface area contributed by atoms with Crippen LogP contribution in [0.15, 0.2) is 0 Å². The van der Waals surface area contributed by atoms with E-state index in [1.165, 1.54) is 0 Å². The zero-order chi connectivity index (χ0) is 9.91. The maximum atomic E-state index is 12.4. The lowest BCUT2D eigenvalue weighted by molar-refractivity contribution is -0.266. The molecule has 0 saturated heterocycles. The Hall–Kier alpha value is -0.740. The van der Waals surface area contributed by atoms with E-state index in [1.807, 2.05) is 0 Å². The van der Waals surface area contributed by atoms with Crippen LogP contribution >= 0.6 is 0 Å². The Bertz CT molecular complexity index is 257. The van der Waals surface area contributed by atoms with Gasteiger partial charge in [0.2, 0.25) is 0 Å². The van der Waals surface area contributed by atoms with Gasteiger partial charge in [0.1, 0.15) is 0 Å². The maximum absolute atomic E-state index is 12.4. The van der Waals surface area contributed by atoms with Gasteiger partial charge in [-0.1, -0.05) is 0 Å². The minimum Gasteiger partial charge on any atom is -0.481 e. The quantitative estimate of drug-likeness (QED) is 0.694. The predicted octanol–water partition coefficient (Wildman–Crippen LogP) is 2.19. The third-order valence-corrected chi connectivity index (χ3v) is 3.26. The summed E-state index contributed by atoms with van der Waals surface area (Å²) >= 11 is 0. The topological polar surface area (TPSA) is 37.3 Å². The molecule has 0 atom stereocenters. The van der Waals surface area contributed by atoms with E-state index in [-0.39, 0.29) is 18.3 Å². The van der Waals surface area contributed by atoms with Gasteiger partial charge in [-0.2, -0.15) is 13.2 Å². The summed E-state index contributed by atoms with van der Waals surface area (Å²) in [7, 11) is 0. The van der Waals surface area contributed by atoms with Crippen molar-refractivity contribution in [3.8, 4) is 0 Å². The monoisotopic (exact) mass is 194 g/mol. The third kappa shape index (κ3) is 0.988. The molecular weight excluding hydrogens is 185 g/mol. The molecule has 0 amide bonds. The van der Waals surface area contributed by atoms with Gasteiger partial charge in [-0.3, -0.25) is 4.79 Å². The van der Waals surface area contributed by atoms with Crippen molar-refractivity contribution in [1.82, 2.24) is 0 Å². The second-order valence-electron chi connectivity index (χ2n) is 4.24. The molecule has 1 spiro atoms. The van der Waals surface area contributed by atoms with Crippen molar-refractivity contribution in [3.05, 3.63) is 0 Å². The lowest BCUT2D eigenvalue weighted by Gasteiger charge is -2.45. The lowest BCUT2D eigenvalue weighted by atomic mass is 9.59. The molecule has 0 radical (unpaired) electrons. The van der Waals surface area contributed by atoms with Crippen molar-refractivity contribution < 1.29 is 23.1 Å². The molecule has 2 rings (SSSR count). The van der Waals surface area contributed by atoms with Crippen molar-refractivity contribution in [1.29, 1.82) is 0 Å². The van der Waals surface area contributed by atoms with E-state index in [9.17, 15) is 18.0 Å². The normalized spacial score (nSPS) is 28.2. The summed E-state index contributed by atoms with van der Waals surface area (Å²) in [4.78, 5) is 10.5. The highest BCUT2D eigenvalue weighted by atomic mass is 19.4. The Morgan fingerprint density at radius 2 is 1.69 bits per heavy atom. The number of carbonyl (C=O) groups is 1. The Morgan fingerprint density at radius 1 is 1.23 bits per heavy atom. The van der Waals surface area contributed by atoms with E-state index in [2.05, 4.69) is 0 Å². The second kappa shape index (κ2) is 2.01. The zero-order valence-corrected chi connectivity index (χ0v) is 6.82. The molecule has 74 valence electrons. The van der Waals surface area contributed by atoms with E-state index in [0.717, 1.165) is 12.8 Å². The number of hydrogen-bond donors (Lipinski definition) is 1. The molecule has 0 aromatic heterocycles. The summed E-state index contributed by atoms with van der Waals surface area (Å²) in [5.41, 5.74) is -2.68. The van der Waals surface area contributed by atoms with Crippen LogP contribution in [0.3, 0.4) is 0 Å². The Labute approximate surface area is 72.7 Å². The van der Waals surface area contributed by atoms with Crippen LogP contribution in [0.2, 0.25) is 0 Å². The Balaban J connectivity index is 2.20. The minimum absolute atomic E-state index is 0.209. The van der Waals surface area contributed by atoms with E-state index >= 15 is 0 Å². The zero-order valence-electron chi connectivity index (χ0n) is 6.82. The van der Waals surface area contributed by atoms with Gasteiger partial charge in [0.15, 0.2) is 5.41 Å². The molecule has 2 saturated carbocycles. The van der Waals surface area contributed by atoms with Gasteiger partial charge in [0, 0.05) is 0 Å². The van der Waals surface area contributed by atoms with Gasteiger partial charge in [-0.25, -0.2) is 0 Å². The van der Waals surface area contributed by atoms with Crippen LogP contribution in [0.4, 0.5) is 13.2 Å². The van der Waals surface area contributed by atoms with E-state index < -0.39 is 17.6 Å². The summed E-state index contributed by atoms with van der Waals surface area (Å²) in [5.74, 6) is -1.71. The molecule has 2 aliphatic carbocycles. The SMILES string of the molecule is O=C(O)C1(C(F)(F)F)CC2(CC2)C1. The summed E-state index contributed by atoms with van der Waals surface area (Å²) in [5, 5.41) is 8.56. The van der Waals surface area contributed by atoms with Crippen LogP contribution in [0.25, 0.3) is 0 Å². The molecule has 1 N–H and O–H groups in total. The van der Waals surface area contributed by atoms with E-state index in [4.69, 9.17) is 5.11 Å². The summed E-state index contributed by atoms with van der Waals surface area (Å²) < 4.78 is 37.2. The number of rotatable bonds is 1. The number of hydrogen-bond acceptors (Lipinski definition) is 1. The fraction of sp³-hybridized carbons (Fsp3) is 0.875. The van der Waals surface area contributed by atoms with Crippen molar-refractivity contribution in [2.24, 2.45) is 10.8 Å². The van der Waals surface area contributed by atoms with Crippen LogP contribution in [-0.2, 0) is 4.79 Å². The summed E-state index contributed by atoms with van der Waals surface area (Å²) in [6, 6.07) is 0. The van der Waals surface area contributed by atoms with Crippen molar-refractivity contribution >= 4 is 5.97 Å². The summed E-state index contributed by atoms with van der Waals surface area (Å²) in [6.07, 6.45) is -3.49. The number of aliphatic carboxylic acids is 1. The van der Waals surface area contributed by atoms with Gasteiger partial charge in [0.25, 0.3) is 0 Å². The largest absolute Gasteiger partial charge is 0.481 e. The van der Waals surface area contributed by atoms with Gasteiger partial charge in [-0.15, -0.1) is 0 Å². The number of halogens is 3. The van der Waals surface area contributed by atoms with Crippen LogP contribution in [0.1, 0.15) is 25.7 Å². The molecule has 2 nitrogen and oxygen atoms in total. The summed E-state index contributed by atoms with van der Waals surface area (Å²) in [6.45, 7) is 0. The Kier molecular flexibility index (Phi) is 1.37. The van der Waals surface area contributed by atoms with Crippen molar-refractivity contribution in [3.63, 3.8) is 0 Å². The first-order chi connectivity index (χ1) is 5.81. The molecule has 2 aliphatic rings. The van der Waals surface area contributed by atoms with Crippen molar-refractivity contribution in [2.45, 2.75) is 31.9 Å². The third-order valence-electron chi connectivity index (χ3n) is 3.26. The van der Waals surface area contributed by atoms with Gasteiger partial charge < -0.3 is 5.11 Å². The fourth-order valence-corrected chi connectivity index (χ4v) is 2.23. The van der Waals surface area contributed by atoms with Crippen LogP contribution in [0, 0.1) is 10.8 Å². The molecule has 0 unspecified atom stereocenters. The fourth-order valence-electron chi connectivity index (χ4n) is 2.23. The first-order valence-corrected chi connectivity index (χ1v) is 4.12. The van der Waals surface area contributed by atoms with Crippen LogP contribution in [0.5, 0.6) is 0 Å². The first-order valence-electron chi connectivity index (χ1n) is 4.12. The average Bonchev–Trinajstić information content (AvgIpc) is 2.56. The maximum Gasteiger partial charge on any atom is 0.404 e. The molecule has 2 fully saturated rings. The van der Waals surface area contributed by atoms with Gasteiger partial charge >= 0.3 is 12.1 Å².